The lowest BCUT2D eigenvalue weighted by Crippen LogP contribution is -2.51. The first-order valence-electron chi connectivity index (χ1n) is 12.0. The van der Waals surface area contributed by atoms with Gasteiger partial charge in [0, 0.05) is 31.6 Å². The van der Waals surface area contributed by atoms with Crippen LogP contribution in [-0.4, -0.2) is 73.7 Å². The Labute approximate surface area is 208 Å². The Morgan fingerprint density at radius 3 is 2.40 bits per heavy atom. The largest absolute Gasteiger partial charge is 0.487 e. The van der Waals surface area contributed by atoms with Crippen molar-refractivity contribution in [1.82, 2.24) is 14.5 Å². The van der Waals surface area contributed by atoms with Gasteiger partial charge in [-0.25, -0.2) is 13.2 Å². The van der Waals surface area contributed by atoms with Gasteiger partial charge in [0.2, 0.25) is 10.0 Å². The Kier molecular flexibility index (Phi) is 8.46. The SMILES string of the molecule is Cc1ccc(-c2ccc3c(c2)O[C@H](CN(C)C(=O)NC(C)C)[C@H](C)CN([C@@H](C)CO)S3(=O)=O)cc1. The molecule has 0 aromatic heterocycles. The number of aliphatic hydroxyl groups is 1. The lowest BCUT2D eigenvalue weighted by Gasteiger charge is -2.37. The summed E-state index contributed by atoms with van der Waals surface area (Å²) < 4.78 is 35.0. The smallest absolute Gasteiger partial charge is 0.317 e. The highest BCUT2D eigenvalue weighted by molar-refractivity contribution is 7.89. The maximum Gasteiger partial charge on any atom is 0.317 e. The molecule has 2 amide bonds. The fourth-order valence-electron chi connectivity index (χ4n) is 4.08. The van der Waals surface area contributed by atoms with E-state index in [0.29, 0.717) is 0 Å². The summed E-state index contributed by atoms with van der Waals surface area (Å²) in [5.41, 5.74) is 2.91. The molecule has 0 fully saturated rings. The number of nitrogens with zero attached hydrogens (tertiary/aromatic N) is 2. The van der Waals surface area contributed by atoms with E-state index in [4.69, 9.17) is 4.74 Å². The van der Waals surface area contributed by atoms with Gasteiger partial charge < -0.3 is 20.1 Å². The molecule has 0 unspecified atom stereocenters. The van der Waals surface area contributed by atoms with Gasteiger partial charge in [0.1, 0.15) is 16.7 Å². The number of likely N-dealkylation sites (N-methyl/N-ethyl adjacent to an activating group) is 1. The van der Waals surface area contributed by atoms with Crippen LogP contribution < -0.4 is 10.1 Å². The van der Waals surface area contributed by atoms with E-state index in [1.54, 1.807) is 37.1 Å². The number of rotatable bonds is 6. The van der Waals surface area contributed by atoms with E-state index in [-0.39, 0.29) is 48.3 Å². The molecular formula is C26H37N3O5S. The number of nitrogens with one attached hydrogen (secondary N) is 1. The van der Waals surface area contributed by atoms with E-state index < -0.39 is 22.2 Å². The number of hydrogen-bond acceptors (Lipinski definition) is 5. The number of carbonyl (C=O) groups excluding carboxylic acids is 1. The number of sulfonamides is 1. The predicted octanol–water partition coefficient (Wildman–Crippen LogP) is 3.48. The molecule has 2 aromatic carbocycles. The average molecular weight is 504 g/mol. The normalized spacial score (nSPS) is 20.8. The standard InChI is InChI=1S/C26H37N3O5S/c1-17(2)27-26(31)28(6)15-24-19(4)14-29(20(5)16-30)35(32,33)25-12-11-22(13-23(25)34-24)21-9-7-18(3)8-10-21/h7-13,17,19-20,24,30H,14-16H2,1-6H3,(H,27,31)/t19-,20+,24-/m1/s1. The first kappa shape index (κ1) is 27.0. The van der Waals surface area contributed by atoms with Crippen molar-refractivity contribution in [2.75, 3.05) is 26.7 Å². The maximum absolute atomic E-state index is 13.6. The third-order valence-electron chi connectivity index (χ3n) is 6.26. The summed E-state index contributed by atoms with van der Waals surface area (Å²) in [7, 11) is -2.23. The second kappa shape index (κ2) is 11.0. The second-order valence-corrected chi connectivity index (χ2v) is 11.6. The van der Waals surface area contributed by atoms with Gasteiger partial charge in [-0.2, -0.15) is 4.31 Å². The quantitative estimate of drug-likeness (QED) is 0.629. The Hall–Kier alpha value is -2.62. The lowest BCUT2D eigenvalue weighted by molar-refractivity contribution is 0.0810. The van der Waals surface area contributed by atoms with Gasteiger partial charge in [0.05, 0.1) is 13.2 Å². The number of aryl methyl sites for hydroxylation is 1. The van der Waals surface area contributed by atoms with Gasteiger partial charge in [-0.15, -0.1) is 0 Å². The van der Waals surface area contributed by atoms with E-state index >= 15 is 0 Å². The van der Waals surface area contributed by atoms with Crippen LogP contribution in [0.3, 0.4) is 0 Å². The van der Waals surface area contributed by atoms with E-state index in [1.807, 2.05) is 52.0 Å². The molecule has 1 aliphatic rings. The Morgan fingerprint density at radius 2 is 1.80 bits per heavy atom. The predicted molar refractivity (Wildman–Crippen MR) is 137 cm³/mol. The van der Waals surface area contributed by atoms with Gasteiger partial charge in [-0.1, -0.05) is 42.8 Å². The number of fused-ring (bicyclic) bond motifs is 1. The molecule has 0 aliphatic carbocycles. The number of carbonyl (C=O) groups is 1. The van der Waals surface area contributed by atoms with E-state index in [9.17, 15) is 18.3 Å². The minimum Gasteiger partial charge on any atom is -0.487 e. The number of benzene rings is 2. The van der Waals surface area contributed by atoms with Gasteiger partial charge in [-0.3, -0.25) is 0 Å². The number of hydrogen-bond donors (Lipinski definition) is 2. The van der Waals surface area contributed by atoms with Crippen molar-refractivity contribution in [3.8, 4) is 16.9 Å². The molecule has 0 bridgehead atoms. The zero-order valence-electron chi connectivity index (χ0n) is 21.4. The molecule has 0 saturated carbocycles. The molecule has 2 aromatic rings. The highest BCUT2D eigenvalue weighted by atomic mass is 32.2. The molecule has 2 N–H and O–H groups in total. The highest BCUT2D eigenvalue weighted by Gasteiger charge is 2.38. The van der Waals surface area contributed by atoms with Crippen LogP contribution in [0.15, 0.2) is 47.4 Å². The summed E-state index contributed by atoms with van der Waals surface area (Å²) in [6, 6.07) is 12.2. The first-order valence-corrected chi connectivity index (χ1v) is 13.4. The molecule has 0 radical (unpaired) electrons. The molecule has 0 saturated heterocycles. The average Bonchev–Trinajstić information content (AvgIpc) is 2.80. The number of urea groups is 1. The van der Waals surface area contributed by atoms with Crippen molar-refractivity contribution >= 4 is 16.1 Å². The minimum atomic E-state index is -3.92. The number of aliphatic hydroxyl groups excluding tert-OH is 1. The highest BCUT2D eigenvalue weighted by Crippen LogP contribution is 2.36. The molecular weight excluding hydrogens is 466 g/mol. The Balaban J connectivity index is 2.06. The van der Waals surface area contributed by atoms with E-state index in [1.165, 1.54) is 4.31 Å². The van der Waals surface area contributed by atoms with Gasteiger partial charge in [0.25, 0.3) is 0 Å². The zero-order valence-corrected chi connectivity index (χ0v) is 22.2. The molecule has 35 heavy (non-hydrogen) atoms. The summed E-state index contributed by atoms with van der Waals surface area (Å²) in [6.45, 7) is 9.51. The first-order chi connectivity index (χ1) is 16.4. The minimum absolute atomic E-state index is 0.00976. The van der Waals surface area contributed by atoms with Crippen LogP contribution in [0.25, 0.3) is 11.1 Å². The van der Waals surface area contributed by atoms with Crippen LogP contribution in [0.2, 0.25) is 0 Å². The second-order valence-electron chi connectivity index (χ2n) is 9.75. The maximum atomic E-state index is 13.6. The van der Waals surface area contributed by atoms with Crippen molar-refractivity contribution in [3.05, 3.63) is 48.0 Å². The third kappa shape index (κ3) is 6.15. The van der Waals surface area contributed by atoms with Crippen molar-refractivity contribution in [2.24, 2.45) is 5.92 Å². The third-order valence-corrected chi connectivity index (χ3v) is 8.28. The number of amides is 2. The summed E-state index contributed by atoms with van der Waals surface area (Å²) >= 11 is 0. The zero-order chi connectivity index (χ0) is 25.9. The van der Waals surface area contributed by atoms with Crippen LogP contribution in [-0.2, 0) is 10.0 Å². The molecule has 9 heteroatoms. The van der Waals surface area contributed by atoms with Gasteiger partial charge >= 0.3 is 6.03 Å². The fraction of sp³-hybridized carbons (Fsp3) is 0.500. The van der Waals surface area contributed by atoms with Crippen LogP contribution in [0.1, 0.15) is 33.3 Å². The summed E-state index contributed by atoms with van der Waals surface area (Å²) in [6.07, 6.45) is -0.464. The van der Waals surface area contributed by atoms with Crippen molar-refractivity contribution in [1.29, 1.82) is 0 Å². The summed E-state index contributed by atoms with van der Waals surface area (Å²) in [5, 5.41) is 12.7. The monoisotopic (exact) mass is 503 g/mol. The molecule has 1 heterocycles. The van der Waals surface area contributed by atoms with Crippen LogP contribution in [0, 0.1) is 12.8 Å². The Morgan fingerprint density at radius 1 is 1.17 bits per heavy atom. The van der Waals surface area contributed by atoms with Crippen molar-refractivity contribution < 1.29 is 23.1 Å². The van der Waals surface area contributed by atoms with Crippen LogP contribution >= 0.6 is 0 Å². The van der Waals surface area contributed by atoms with Gasteiger partial charge in [-0.05, 0) is 51.0 Å². The van der Waals surface area contributed by atoms with Crippen LogP contribution in [0.5, 0.6) is 5.75 Å². The molecule has 192 valence electrons. The molecule has 3 atom stereocenters. The molecule has 3 rings (SSSR count). The Bertz CT molecular complexity index is 1130. The van der Waals surface area contributed by atoms with Gasteiger partial charge in [0.15, 0.2) is 0 Å². The lowest BCUT2D eigenvalue weighted by atomic mass is 10.0. The van der Waals surface area contributed by atoms with E-state index in [2.05, 4.69) is 5.32 Å². The van der Waals surface area contributed by atoms with Crippen molar-refractivity contribution in [3.63, 3.8) is 0 Å². The molecule has 1 aliphatic heterocycles. The topological polar surface area (TPSA) is 99.2 Å². The summed E-state index contributed by atoms with van der Waals surface area (Å²) in [5.74, 6) is -0.00307. The summed E-state index contributed by atoms with van der Waals surface area (Å²) in [4.78, 5) is 14.2. The van der Waals surface area contributed by atoms with E-state index in [0.717, 1.165) is 16.7 Å². The molecule has 0 spiro atoms. The van der Waals surface area contributed by atoms with Crippen LogP contribution in [0.4, 0.5) is 4.79 Å². The fourth-order valence-corrected chi connectivity index (χ4v) is 5.90. The van der Waals surface area contributed by atoms with Crippen molar-refractivity contribution in [2.45, 2.75) is 57.7 Å². The number of ether oxygens (including phenoxy) is 1. The molecule has 8 nitrogen and oxygen atoms in total.